The van der Waals surface area contributed by atoms with Crippen LogP contribution in [0.5, 0.6) is 0 Å². The molecule has 6 heteroatoms. The van der Waals surface area contributed by atoms with Gasteiger partial charge in [-0.15, -0.1) is 0 Å². The van der Waals surface area contributed by atoms with Gasteiger partial charge in [-0.05, 0) is 30.9 Å². The second kappa shape index (κ2) is 5.64. The first-order chi connectivity index (χ1) is 9.79. The number of nitrogens with one attached hydrogen (secondary N) is 1. The van der Waals surface area contributed by atoms with Crippen molar-refractivity contribution in [3.8, 4) is 0 Å². The third kappa shape index (κ3) is 2.42. The number of benzene rings is 1. The highest BCUT2D eigenvalue weighted by molar-refractivity contribution is 6.33. The molecule has 3 N–H and O–H groups in total. The number of hydrazine groups is 1. The number of hydrogen-bond donors (Lipinski definition) is 2. The molecule has 2 heterocycles. The molecule has 1 aromatic heterocycles. The number of fused-ring (bicyclic) bond motifs is 1. The van der Waals surface area contributed by atoms with E-state index in [1.54, 1.807) is 6.20 Å². The lowest BCUT2D eigenvalue weighted by molar-refractivity contribution is 0.757. The van der Waals surface area contributed by atoms with Crippen LogP contribution < -0.4 is 16.2 Å². The molecule has 1 aliphatic heterocycles. The Balaban J connectivity index is 2.09. The summed E-state index contributed by atoms with van der Waals surface area (Å²) in [7, 11) is 0. The first kappa shape index (κ1) is 13.1. The Labute approximate surface area is 122 Å². The number of rotatable bonds is 2. The quantitative estimate of drug-likeness (QED) is 0.657. The maximum Gasteiger partial charge on any atom is 0.239 e. The molecule has 0 spiro atoms. The Kier molecular flexibility index (Phi) is 3.71. The Hall–Kier alpha value is -1.85. The van der Waals surface area contributed by atoms with E-state index in [0.717, 1.165) is 31.5 Å². The zero-order valence-corrected chi connectivity index (χ0v) is 11.8. The van der Waals surface area contributed by atoms with Crippen LogP contribution in [0.1, 0.15) is 18.4 Å². The van der Waals surface area contributed by atoms with Gasteiger partial charge >= 0.3 is 0 Å². The molecular formula is C14H16ClN5. The van der Waals surface area contributed by atoms with Gasteiger partial charge in [0.15, 0.2) is 5.82 Å². The van der Waals surface area contributed by atoms with Crippen molar-refractivity contribution in [2.75, 3.05) is 16.9 Å². The van der Waals surface area contributed by atoms with Crippen LogP contribution in [0.15, 0.2) is 30.5 Å². The lowest BCUT2D eigenvalue weighted by Crippen LogP contribution is -2.21. The topological polar surface area (TPSA) is 67.1 Å². The predicted molar refractivity (Wildman–Crippen MR) is 81.2 cm³/mol. The van der Waals surface area contributed by atoms with Gasteiger partial charge in [0.1, 0.15) is 5.02 Å². The fourth-order valence-electron chi connectivity index (χ4n) is 2.53. The molecule has 0 radical (unpaired) electrons. The molecule has 3 rings (SSSR count). The van der Waals surface area contributed by atoms with Gasteiger partial charge in [-0.1, -0.05) is 29.8 Å². The van der Waals surface area contributed by atoms with Crippen molar-refractivity contribution in [2.45, 2.75) is 19.3 Å². The zero-order valence-electron chi connectivity index (χ0n) is 11.0. The normalized spacial score (nSPS) is 14.6. The molecule has 5 nitrogen and oxygen atoms in total. The molecule has 0 amide bonds. The average Bonchev–Trinajstić information content (AvgIpc) is 2.70. The maximum atomic E-state index is 6.27. The van der Waals surface area contributed by atoms with Crippen LogP contribution in [0, 0.1) is 0 Å². The predicted octanol–water partition coefficient (Wildman–Crippen LogP) is 2.89. The Morgan fingerprint density at radius 2 is 2.10 bits per heavy atom. The molecule has 20 heavy (non-hydrogen) atoms. The van der Waals surface area contributed by atoms with Crippen molar-refractivity contribution < 1.29 is 0 Å². The molecular weight excluding hydrogens is 274 g/mol. The van der Waals surface area contributed by atoms with Gasteiger partial charge in [-0.25, -0.2) is 10.8 Å². The number of nitrogens with two attached hydrogens (primary N) is 1. The fraction of sp³-hybridized carbons (Fsp3) is 0.286. The van der Waals surface area contributed by atoms with Crippen molar-refractivity contribution >= 4 is 29.1 Å². The van der Waals surface area contributed by atoms with Crippen LogP contribution in [0.4, 0.5) is 17.5 Å². The third-order valence-corrected chi connectivity index (χ3v) is 3.74. The fourth-order valence-corrected chi connectivity index (χ4v) is 2.72. The van der Waals surface area contributed by atoms with Crippen LogP contribution in [-0.2, 0) is 6.42 Å². The molecule has 0 atom stereocenters. The molecule has 0 bridgehead atoms. The molecule has 0 fully saturated rings. The van der Waals surface area contributed by atoms with E-state index < -0.39 is 0 Å². The number of aryl methyl sites for hydroxylation is 1. The van der Waals surface area contributed by atoms with Crippen molar-refractivity contribution in [3.63, 3.8) is 0 Å². The van der Waals surface area contributed by atoms with Crippen LogP contribution in [0.25, 0.3) is 0 Å². The summed E-state index contributed by atoms with van der Waals surface area (Å²) in [5.41, 5.74) is 4.95. The number of hydrogen-bond acceptors (Lipinski definition) is 5. The summed E-state index contributed by atoms with van der Waals surface area (Å²) in [6.07, 6.45) is 4.92. The number of nitrogens with zero attached hydrogens (tertiary/aromatic N) is 3. The van der Waals surface area contributed by atoms with Gasteiger partial charge in [0.2, 0.25) is 5.95 Å². The second-order valence-corrected chi connectivity index (χ2v) is 5.15. The van der Waals surface area contributed by atoms with Gasteiger partial charge in [0.05, 0.1) is 6.20 Å². The number of para-hydroxylation sites is 1. The number of halogens is 1. The van der Waals surface area contributed by atoms with Crippen LogP contribution in [0.2, 0.25) is 5.02 Å². The molecule has 0 saturated heterocycles. The molecule has 0 saturated carbocycles. The molecule has 1 aromatic carbocycles. The first-order valence-corrected chi connectivity index (χ1v) is 7.02. The minimum Gasteiger partial charge on any atom is -0.325 e. The largest absolute Gasteiger partial charge is 0.325 e. The van der Waals surface area contributed by atoms with E-state index in [1.165, 1.54) is 5.56 Å². The summed E-state index contributed by atoms with van der Waals surface area (Å²) >= 11 is 6.27. The standard InChI is InChI=1S/C14H16ClN5/c15-11-9-17-14(19-16)18-13(11)20-8-4-3-6-10-5-1-2-7-12(10)20/h1-2,5,7,9H,3-4,6,8,16H2,(H,17,18,19). The maximum absolute atomic E-state index is 6.27. The lowest BCUT2D eigenvalue weighted by atomic mass is 10.1. The van der Waals surface area contributed by atoms with Crippen LogP contribution >= 0.6 is 11.6 Å². The lowest BCUT2D eigenvalue weighted by Gasteiger charge is -2.24. The molecule has 104 valence electrons. The van der Waals surface area contributed by atoms with E-state index >= 15 is 0 Å². The smallest absolute Gasteiger partial charge is 0.239 e. The van der Waals surface area contributed by atoms with E-state index in [4.69, 9.17) is 17.4 Å². The van der Waals surface area contributed by atoms with Crippen molar-refractivity contribution in [3.05, 3.63) is 41.0 Å². The highest BCUT2D eigenvalue weighted by Crippen LogP contribution is 2.35. The summed E-state index contributed by atoms with van der Waals surface area (Å²) in [5.74, 6) is 6.45. The van der Waals surface area contributed by atoms with Crippen molar-refractivity contribution in [1.29, 1.82) is 0 Å². The SMILES string of the molecule is NNc1ncc(Cl)c(N2CCCCc3ccccc32)n1. The summed E-state index contributed by atoms with van der Waals surface area (Å²) in [4.78, 5) is 10.6. The summed E-state index contributed by atoms with van der Waals surface area (Å²) < 4.78 is 0. The van der Waals surface area contributed by atoms with E-state index in [2.05, 4.69) is 38.5 Å². The Bertz CT molecular complexity index is 616. The molecule has 0 aliphatic carbocycles. The van der Waals surface area contributed by atoms with Gasteiger partial charge in [-0.2, -0.15) is 4.98 Å². The Morgan fingerprint density at radius 3 is 2.95 bits per heavy atom. The Morgan fingerprint density at radius 1 is 1.25 bits per heavy atom. The number of aromatic nitrogens is 2. The number of anilines is 3. The highest BCUT2D eigenvalue weighted by Gasteiger charge is 2.20. The summed E-state index contributed by atoms with van der Waals surface area (Å²) in [6.45, 7) is 0.887. The minimum absolute atomic E-state index is 0.367. The molecule has 0 unspecified atom stereocenters. The summed E-state index contributed by atoms with van der Waals surface area (Å²) in [6, 6.07) is 8.37. The van der Waals surface area contributed by atoms with E-state index in [-0.39, 0.29) is 0 Å². The van der Waals surface area contributed by atoms with Crippen molar-refractivity contribution in [1.82, 2.24) is 9.97 Å². The summed E-state index contributed by atoms with van der Waals surface area (Å²) in [5, 5.41) is 0.528. The highest BCUT2D eigenvalue weighted by atomic mass is 35.5. The monoisotopic (exact) mass is 289 g/mol. The van der Waals surface area contributed by atoms with E-state index in [9.17, 15) is 0 Å². The first-order valence-electron chi connectivity index (χ1n) is 6.64. The van der Waals surface area contributed by atoms with Crippen molar-refractivity contribution in [2.24, 2.45) is 5.84 Å². The van der Waals surface area contributed by atoms with E-state index in [1.807, 2.05) is 6.07 Å². The number of nitrogen functional groups attached to an aromatic ring is 1. The third-order valence-electron chi connectivity index (χ3n) is 3.47. The van der Waals surface area contributed by atoms with Crippen LogP contribution in [0.3, 0.4) is 0 Å². The van der Waals surface area contributed by atoms with Gasteiger partial charge < -0.3 is 4.90 Å². The van der Waals surface area contributed by atoms with Gasteiger partial charge in [-0.3, -0.25) is 5.43 Å². The van der Waals surface area contributed by atoms with Gasteiger partial charge in [0, 0.05) is 12.2 Å². The zero-order chi connectivity index (χ0) is 13.9. The second-order valence-electron chi connectivity index (χ2n) is 4.75. The minimum atomic E-state index is 0.367. The molecule has 1 aliphatic rings. The average molecular weight is 290 g/mol. The molecule has 2 aromatic rings. The van der Waals surface area contributed by atoms with E-state index in [0.29, 0.717) is 16.8 Å². The van der Waals surface area contributed by atoms with Gasteiger partial charge in [0.25, 0.3) is 0 Å². The van der Waals surface area contributed by atoms with Crippen LogP contribution in [-0.4, -0.2) is 16.5 Å².